The number of anilines is 3. The van der Waals surface area contributed by atoms with Crippen molar-refractivity contribution < 1.29 is 0 Å². The van der Waals surface area contributed by atoms with Crippen molar-refractivity contribution in [3.63, 3.8) is 0 Å². The molecule has 0 fully saturated rings. The van der Waals surface area contributed by atoms with Gasteiger partial charge in [-0.3, -0.25) is 0 Å². The zero-order valence-electron chi connectivity index (χ0n) is 10.8. The van der Waals surface area contributed by atoms with Crippen LogP contribution in [0.5, 0.6) is 0 Å². The number of nitrogen functional groups attached to an aromatic ring is 1. The Kier molecular flexibility index (Phi) is 2.98. The number of hydrogen-bond acceptors (Lipinski definition) is 3. The fraction of sp³-hybridized carbons (Fsp3) is 0. The van der Waals surface area contributed by atoms with Crippen molar-refractivity contribution in [1.82, 2.24) is 0 Å². The molecule has 0 atom stereocenters. The molecule has 3 aromatic carbocycles. The quantitative estimate of drug-likeness (QED) is 0.683. The van der Waals surface area contributed by atoms with E-state index < -0.39 is 0 Å². The zero-order valence-corrected chi connectivity index (χ0v) is 10.8. The van der Waals surface area contributed by atoms with Gasteiger partial charge in [-0.1, -0.05) is 30.3 Å². The topological polar surface area (TPSA) is 61.8 Å². The number of fused-ring (bicyclic) bond motifs is 1. The summed E-state index contributed by atoms with van der Waals surface area (Å²) in [5.74, 6) is 0. The van der Waals surface area contributed by atoms with Crippen LogP contribution in [0.4, 0.5) is 17.1 Å². The van der Waals surface area contributed by atoms with Gasteiger partial charge >= 0.3 is 0 Å². The van der Waals surface area contributed by atoms with Crippen LogP contribution >= 0.6 is 0 Å². The van der Waals surface area contributed by atoms with Gasteiger partial charge < -0.3 is 11.1 Å². The highest BCUT2D eigenvalue weighted by molar-refractivity contribution is 5.99. The molecule has 0 aromatic heterocycles. The highest BCUT2D eigenvalue weighted by atomic mass is 14.9. The number of hydrogen-bond donors (Lipinski definition) is 2. The Morgan fingerprint density at radius 1 is 0.900 bits per heavy atom. The zero-order chi connectivity index (χ0) is 13.9. The van der Waals surface area contributed by atoms with Crippen molar-refractivity contribution in [1.29, 1.82) is 5.26 Å². The van der Waals surface area contributed by atoms with Crippen molar-refractivity contribution >= 4 is 27.8 Å². The van der Waals surface area contributed by atoms with E-state index in [2.05, 4.69) is 11.4 Å². The minimum absolute atomic E-state index is 0.641. The van der Waals surface area contributed by atoms with Gasteiger partial charge in [0.15, 0.2) is 0 Å². The third-order valence-corrected chi connectivity index (χ3v) is 3.26. The number of rotatable bonds is 2. The lowest BCUT2D eigenvalue weighted by molar-refractivity contribution is 1.48. The highest BCUT2D eigenvalue weighted by Gasteiger charge is 2.04. The first-order valence-corrected chi connectivity index (χ1v) is 6.32. The molecule has 0 spiro atoms. The predicted molar refractivity (Wildman–Crippen MR) is 82.8 cm³/mol. The summed E-state index contributed by atoms with van der Waals surface area (Å²) in [6, 6.07) is 21.4. The van der Waals surface area contributed by atoms with Crippen molar-refractivity contribution in [2.24, 2.45) is 0 Å². The Hall–Kier alpha value is -2.99. The number of benzene rings is 3. The lowest BCUT2D eigenvalue weighted by atomic mass is 10.1. The van der Waals surface area contributed by atoms with E-state index >= 15 is 0 Å². The molecule has 96 valence electrons. The van der Waals surface area contributed by atoms with Crippen LogP contribution in [0.15, 0.2) is 60.7 Å². The van der Waals surface area contributed by atoms with E-state index in [9.17, 15) is 0 Å². The minimum Gasteiger partial charge on any atom is -0.397 e. The second-order valence-corrected chi connectivity index (χ2v) is 4.56. The van der Waals surface area contributed by atoms with Gasteiger partial charge in [-0.15, -0.1) is 0 Å². The molecular weight excluding hydrogens is 246 g/mol. The molecule has 0 amide bonds. The van der Waals surface area contributed by atoms with Crippen molar-refractivity contribution in [3.05, 3.63) is 66.2 Å². The van der Waals surface area contributed by atoms with Crippen LogP contribution in [0.3, 0.4) is 0 Å². The number of nitrogens with zero attached hydrogens (tertiary/aromatic N) is 1. The Bertz CT molecular complexity index is 799. The molecule has 20 heavy (non-hydrogen) atoms. The summed E-state index contributed by atoms with van der Waals surface area (Å²) in [7, 11) is 0. The maximum Gasteiger partial charge on any atom is 0.0991 e. The Morgan fingerprint density at radius 3 is 2.40 bits per heavy atom. The van der Waals surface area contributed by atoms with Crippen LogP contribution in [0.25, 0.3) is 10.8 Å². The standard InChI is InChI=1S/C17H13N3/c18-11-12-5-8-14(9-6-12)20-16-10-7-13-3-1-2-4-15(13)17(16)19/h1-10,20H,19H2. The maximum absolute atomic E-state index is 8.79. The van der Waals surface area contributed by atoms with Crippen LogP contribution in [-0.4, -0.2) is 0 Å². The summed E-state index contributed by atoms with van der Waals surface area (Å²) < 4.78 is 0. The molecule has 0 aliphatic heterocycles. The van der Waals surface area contributed by atoms with Gasteiger partial charge in [0.1, 0.15) is 0 Å². The van der Waals surface area contributed by atoms with E-state index in [0.717, 1.165) is 27.8 Å². The monoisotopic (exact) mass is 259 g/mol. The molecule has 0 saturated carbocycles. The smallest absolute Gasteiger partial charge is 0.0991 e. The lowest BCUT2D eigenvalue weighted by Gasteiger charge is -2.11. The van der Waals surface area contributed by atoms with Crippen molar-refractivity contribution in [2.75, 3.05) is 11.1 Å². The summed E-state index contributed by atoms with van der Waals surface area (Å²) in [5, 5.41) is 14.2. The molecule has 0 aliphatic carbocycles. The van der Waals surface area contributed by atoms with Gasteiger partial charge in [0.2, 0.25) is 0 Å². The van der Waals surface area contributed by atoms with E-state index in [-0.39, 0.29) is 0 Å². The molecule has 3 N–H and O–H groups in total. The molecule has 3 rings (SSSR count). The molecule has 3 aromatic rings. The lowest BCUT2D eigenvalue weighted by Crippen LogP contribution is -1.97. The average Bonchev–Trinajstić information content (AvgIpc) is 2.51. The molecule has 0 heterocycles. The molecule has 3 nitrogen and oxygen atoms in total. The van der Waals surface area contributed by atoms with E-state index in [0.29, 0.717) is 5.56 Å². The first kappa shape index (κ1) is 12.1. The number of nitrogens with one attached hydrogen (secondary N) is 1. The SMILES string of the molecule is N#Cc1ccc(Nc2ccc3ccccc3c2N)cc1. The summed E-state index contributed by atoms with van der Waals surface area (Å²) in [6.07, 6.45) is 0. The summed E-state index contributed by atoms with van der Waals surface area (Å²) in [6.45, 7) is 0. The molecule has 3 heteroatoms. The van der Waals surface area contributed by atoms with Crippen LogP contribution in [0.2, 0.25) is 0 Å². The second-order valence-electron chi connectivity index (χ2n) is 4.56. The van der Waals surface area contributed by atoms with Gasteiger partial charge in [-0.05, 0) is 35.7 Å². The second kappa shape index (κ2) is 4.94. The first-order valence-electron chi connectivity index (χ1n) is 6.32. The molecule has 0 saturated heterocycles. The number of nitriles is 1. The normalized spacial score (nSPS) is 10.2. The summed E-state index contributed by atoms with van der Waals surface area (Å²) in [5.41, 5.74) is 9.36. The molecule has 0 bridgehead atoms. The van der Waals surface area contributed by atoms with E-state index in [1.54, 1.807) is 12.1 Å². The fourth-order valence-corrected chi connectivity index (χ4v) is 2.19. The van der Waals surface area contributed by atoms with Crippen LogP contribution in [0.1, 0.15) is 5.56 Å². The Labute approximate surface area is 117 Å². The van der Waals surface area contributed by atoms with Crippen molar-refractivity contribution in [3.8, 4) is 6.07 Å². The van der Waals surface area contributed by atoms with Crippen LogP contribution in [0, 0.1) is 11.3 Å². The van der Waals surface area contributed by atoms with Crippen LogP contribution in [-0.2, 0) is 0 Å². The molecule has 0 aliphatic rings. The van der Waals surface area contributed by atoms with E-state index in [4.69, 9.17) is 11.0 Å². The minimum atomic E-state index is 0.641. The highest BCUT2D eigenvalue weighted by Crippen LogP contribution is 2.30. The van der Waals surface area contributed by atoms with Crippen LogP contribution < -0.4 is 11.1 Å². The van der Waals surface area contributed by atoms with Gasteiger partial charge in [-0.25, -0.2) is 0 Å². The molecular formula is C17H13N3. The van der Waals surface area contributed by atoms with Gasteiger partial charge in [0.05, 0.1) is 23.0 Å². The Morgan fingerprint density at radius 2 is 1.65 bits per heavy atom. The van der Waals surface area contributed by atoms with Crippen molar-refractivity contribution in [2.45, 2.75) is 0 Å². The maximum atomic E-state index is 8.79. The average molecular weight is 259 g/mol. The summed E-state index contributed by atoms with van der Waals surface area (Å²) >= 11 is 0. The summed E-state index contributed by atoms with van der Waals surface area (Å²) in [4.78, 5) is 0. The van der Waals surface area contributed by atoms with Gasteiger partial charge in [0, 0.05) is 11.1 Å². The van der Waals surface area contributed by atoms with Gasteiger partial charge in [0.25, 0.3) is 0 Å². The van der Waals surface area contributed by atoms with Gasteiger partial charge in [-0.2, -0.15) is 5.26 Å². The predicted octanol–water partition coefficient (Wildman–Crippen LogP) is 4.04. The fourth-order valence-electron chi connectivity index (χ4n) is 2.19. The Balaban J connectivity index is 1.98. The van der Waals surface area contributed by atoms with E-state index in [1.807, 2.05) is 48.5 Å². The first-order chi connectivity index (χ1) is 9.78. The number of nitrogens with two attached hydrogens (primary N) is 1. The molecule has 0 radical (unpaired) electrons. The van der Waals surface area contributed by atoms with E-state index in [1.165, 1.54) is 0 Å². The largest absolute Gasteiger partial charge is 0.397 e. The molecule has 0 unspecified atom stereocenters. The third kappa shape index (κ3) is 2.15. The third-order valence-electron chi connectivity index (χ3n) is 3.26.